The maximum Gasteiger partial charge on any atom is 0.433 e. The zero-order chi connectivity index (χ0) is 16.5. The summed E-state index contributed by atoms with van der Waals surface area (Å²) in [5.41, 5.74) is 4.41. The van der Waals surface area contributed by atoms with Gasteiger partial charge in [0.25, 0.3) is 0 Å². The van der Waals surface area contributed by atoms with Crippen molar-refractivity contribution in [3.05, 3.63) is 42.2 Å². The molecular formula is C14H15F3N4O. The summed E-state index contributed by atoms with van der Waals surface area (Å²) in [4.78, 5) is 11.7. The summed E-state index contributed by atoms with van der Waals surface area (Å²) in [6.07, 6.45) is -3.41. The predicted molar refractivity (Wildman–Crippen MR) is 75.5 cm³/mol. The van der Waals surface area contributed by atoms with Crippen molar-refractivity contribution in [1.29, 1.82) is 0 Å². The van der Waals surface area contributed by atoms with Crippen LogP contribution in [0.1, 0.15) is 19.5 Å². The third-order valence-electron chi connectivity index (χ3n) is 2.89. The number of benzene rings is 1. The van der Waals surface area contributed by atoms with Gasteiger partial charge in [0.15, 0.2) is 0 Å². The minimum absolute atomic E-state index is 0.238. The van der Waals surface area contributed by atoms with E-state index in [-0.39, 0.29) is 5.69 Å². The Morgan fingerprint density at radius 3 is 2.27 bits per heavy atom. The average Bonchev–Trinajstić information content (AvgIpc) is 2.87. The molecule has 1 aromatic carbocycles. The molecule has 0 aliphatic carbocycles. The van der Waals surface area contributed by atoms with Crippen molar-refractivity contribution >= 4 is 11.6 Å². The third kappa shape index (κ3) is 3.45. The van der Waals surface area contributed by atoms with Crippen LogP contribution >= 0.6 is 0 Å². The normalized spacial score (nSPS) is 12.3. The summed E-state index contributed by atoms with van der Waals surface area (Å²) >= 11 is 0. The highest BCUT2D eigenvalue weighted by Crippen LogP contribution is 2.30. The zero-order valence-corrected chi connectivity index (χ0v) is 12.0. The van der Waals surface area contributed by atoms with Crippen LogP contribution in [0.3, 0.4) is 0 Å². The van der Waals surface area contributed by atoms with Crippen molar-refractivity contribution in [3.8, 4) is 5.69 Å². The Morgan fingerprint density at radius 1 is 1.18 bits per heavy atom. The number of rotatable bonds is 3. The highest BCUT2D eigenvalue weighted by molar-refractivity contribution is 5.97. The zero-order valence-electron chi connectivity index (χ0n) is 12.0. The van der Waals surface area contributed by atoms with Crippen LogP contribution < -0.4 is 11.1 Å². The van der Waals surface area contributed by atoms with E-state index in [1.807, 2.05) is 0 Å². The fraction of sp³-hybridized carbons (Fsp3) is 0.286. The van der Waals surface area contributed by atoms with Gasteiger partial charge in [-0.05, 0) is 44.2 Å². The van der Waals surface area contributed by atoms with E-state index in [1.165, 1.54) is 24.3 Å². The average molecular weight is 312 g/mol. The van der Waals surface area contributed by atoms with E-state index < -0.39 is 23.3 Å². The van der Waals surface area contributed by atoms with E-state index in [4.69, 9.17) is 5.73 Å². The van der Waals surface area contributed by atoms with Crippen LogP contribution in [0.25, 0.3) is 5.69 Å². The highest BCUT2D eigenvalue weighted by atomic mass is 19.4. The van der Waals surface area contributed by atoms with Gasteiger partial charge in [-0.3, -0.25) is 4.79 Å². The summed E-state index contributed by atoms with van der Waals surface area (Å²) in [6.45, 7) is 3.10. The summed E-state index contributed by atoms with van der Waals surface area (Å²) in [6, 6.07) is 6.73. The van der Waals surface area contributed by atoms with Gasteiger partial charge in [0.2, 0.25) is 5.91 Å². The second kappa shape index (κ2) is 5.45. The minimum Gasteiger partial charge on any atom is -0.325 e. The lowest BCUT2D eigenvalue weighted by molar-refractivity contribution is -0.142. The molecule has 0 fully saturated rings. The molecule has 0 unspecified atom stereocenters. The van der Waals surface area contributed by atoms with Crippen molar-refractivity contribution in [3.63, 3.8) is 0 Å². The molecule has 2 rings (SSSR count). The monoisotopic (exact) mass is 312 g/mol. The molecule has 1 heterocycles. The number of aromatic nitrogens is 2. The number of carbonyl (C=O) groups excluding carboxylic acids is 1. The van der Waals surface area contributed by atoms with Crippen molar-refractivity contribution in [2.24, 2.45) is 5.73 Å². The molecule has 3 N–H and O–H groups in total. The van der Waals surface area contributed by atoms with E-state index in [1.54, 1.807) is 13.8 Å². The highest BCUT2D eigenvalue weighted by Gasteiger charge is 2.35. The van der Waals surface area contributed by atoms with Gasteiger partial charge >= 0.3 is 6.18 Å². The number of nitrogens with one attached hydrogen (secondary N) is 1. The number of halogens is 3. The third-order valence-corrected chi connectivity index (χ3v) is 2.89. The number of alkyl halides is 3. The van der Waals surface area contributed by atoms with Crippen molar-refractivity contribution < 1.29 is 18.0 Å². The lowest BCUT2D eigenvalue weighted by Gasteiger charge is -2.18. The number of hydrogen-bond acceptors (Lipinski definition) is 3. The van der Waals surface area contributed by atoms with E-state index in [0.717, 1.165) is 16.9 Å². The summed E-state index contributed by atoms with van der Waals surface area (Å²) in [7, 11) is 0. The first-order chi connectivity index (χ1) is 10.1. The molecule has 0 bridgehead atoms. The Labute approximate surface area is 124 Å². The standard InChI is InChI=1S/C14H15F3N4O/c1-13(2,18)12(22)20-9-3-5-10(6-4-9)21-11(7-8-19-21)14(15,16)17/h3-8H,18H2,1-2H3,(H,20,22). The molecule has 0 aliphatic rings. The van der Waals surface area contributed by atoms with Crippen LogP contribution in [0.2, 0.25) is 0 Å². The Hall–Kier alpha value is -2.35. The number of anilines is 1. The van der Waals surface area contributed by atoms with Gasteiger partial charge in [-0.25, -0.2) is 4.68 Å². The molecule has 0 atom stereocenters. The fourth-order valence-corrected chi connectivity index (χ4v) is 1.70. The van der Waals surface area contributed by atoms with E-state index in [9.17, 15) is 18.0 Å². The first kappa shape index (κ1) is 16.0. The molecule has 0 aliphatic heterocycles. The number of amides is 1. The van der Waals surface area contributed by atoms with Gasteiger partial charge in [0.1, 0.15) is 5.69 Å². The Balaban J connectivity index is 2.24. The molecule has 0 saturated heterocycles. The molecule has 1 amide bonds. The quantitative estimate of drug-likeness (QED) is 0.915. The molecule has 22 heavy (non-hydrogen) atoms. The Bertz CT molecular complexity index is 669. The SMILES string of the molecule is CC(C)(N)C(=O)Nc1ccc(-n2nccc2C(F)(F)F)cc1. The largest absolute Gasteiger partial charge is 0.433 e. The molecule has 8 heteroatoms. The molecule has 0 saturated carbocycles. The second-order valence-electron chi connectivity index (χ2n) is 5.35. The van der Waals surface area contributed by atoms with Gasteiger partial charge in [0, 0.05) is 5.69 Å². The molecule has 2 aromatic rings. The predicted octanol–water partition coefficient (Wildman–Crippen LogP) is 2.57. The smallest absolute Gasteiger partial charge is 0.325 e. The maximum absolute atomic E-state index is 12.8. The van der Waals surface area contributed by atoms with E-state index in [2.05, 4.69) is 10.4 Å². The number of hydrogen-bond donors (Lipinski definition) is 2. The lowest BCUT2D eigenvalue weighted by atomic mass is 10.1. The molecule has 1 aromatic heterocycles. The molecule has 118 valence electrons. The van der Waals surface area contributed by atoms with Crippen LogP contribution in [-0.4, -0.2) is 21.2 Å². The Morgan fingerprint density at radius 2 is 1.77 bits per heavy atom. The lowest BCUT2D eigenvalue weighted by Crippen LogP contribution is -2.45. The summed E-state index contributed by atoms with van der Waals surface area (Å²) in [5.74, 6) is -0.393. The minimum atomic E-state index is -4.49. The van der Waals surface area contributed by atoms with E-state index in [0.29, 0.717) is 5.69 Å². The second-order valence-corrected chi connectivity index (χ2v) is 5.35. The molecular weight excluding hydrogens is 297 g/mol. The summed E-state index contributed by atoms with van der Waals surface area (Å²) in [5, 5.41) is 6.26. The van der Waals surface area contributed by atoms with Gasteiger partial charge in [-0.1, -0.05) is 0 Å². The number of carbonyl (C=O) groups is 1. The Kier molecular flexibility index (Phi) is 3.97. The van der Waals surface area contributed by atoms with Gasteiger partial charge in [-0.2, -0.15) is 18.3 Å². The van der Waals surface area contributed by atoms with Crippen LogP contribution in [0.4, 0.5) is 18.9 Å². The van der Waals surface area contributed by atoms with Gasteiger partial charge in [0.05, 0.1) is 17.4 Å². The van der Waals surface area contributed by atoms with Crippen LogP contribution in [0.5, 0.6) is 0 Å². The van der Waals surface area contributed by atoms with Crippen LogP contribution in [-0.2, 0) is 11.0 Å². The topological polar surface area (TPSA) is 72.9 Å². The first-order valence-electron chi connectivity index (χ1n) is 6.41. The molecule has 0 spiro atoms. The van der Waals surface area contributed by atoms with Gasteiger partial charge in [-0.15, -0.1) is 0 Å². The van der Waals surface area contributed by atoms with Gasteiger partial charge < -0.3 is 11.1 Å². The van der Waals surface area contributed by atoms with Crippen molar-refractivity contribution in [2.45, 2.75) is 25.6 Å². The molecule has 5 nitrogen and oxygen atoms in total. The first-order valence-corrected chi connectivity index (χ1v) is 6.41. The molecule has 0 radical (unpaired) electrons. The maximum atomic E-state index is 12.8. The fourth-order valence-electron chi connectivity index (χ4n) is 1.70. The number of nitrogens with two attached hydrogens (primary N) is 1. The van der Waals surface area contributed by atoms with Crippen molar-refractivity contribution in [1.82, 2.24) is 9.78 Å². The van der Waals surface area contributed by atoms with Crippen LogP contribution in [0.15, 0.2) is 36.5 Å². The van der Waals surface area contributed by atoms with Crippen LogP contribution in [0, 0.1) is 0 Å². The van der Waals surface area contributed by atoms with Crippen molar-refractivity contribution in [2.75, 3.05) is 5.32 Å². The number of nitrogens with zero attached hydrogens (tertiary/aromatic N) is 2. The summed E-state index contributed by atoms with van der Waals surface area (Å²) < 4.78 is 39.2. The van der Waals surface area contributed by atoms with E-state index >= 15 is 0 Å².